The lowest BCUT2D eigenvalue weighted by Gasteiger charge is -2.02. The first-order valence-electron chi connectivity index (χ1n) is 8.04. The van der Waals surface area contributed by atoms with Gasteiger partial charge in [0.2, 0.25) is 0 Å². The van der Waals surface area contributed by atoms with E-state index in [9.17, 15) is 9.90 Å². The minimum Gasteiger partial charge on any atom is -0.392 e. The van der Waals surface area contributed by atoms with Crippen LogP contribution >= 0.6 is 11.3 Å². The molecule has 26 heavy (non-hydrogen) atoms. The Kier molecular flexibility index (Phi) is 4.43. The van der Waals surface area contributed by atoms with Crippen molar-refractivity contribution in [1.29, 1.82) is 0 Å². The average molecular weight is 361 g/mol. The van der Waals surface area contributed by atoms with E-state index in [1.165, 1.54) is 0 Å². The van der Waals surface area contributed by atoms with Crippen molar-refractivity contribution in [3.8, 4) is 11.3 Å². The average Bonchev–Trinajstić information content (AvgIpc) is 3.28. The molecule has 5 nitrogen and oxygen atoms in total. The number of nitrogens with zero attached hydrogens (tertiary/aromatic N) is 3. The third-order valence-electron chi connectivity index (χ3n) is 4.07. The van der Waals surface area contributed by atoms with E-state index in [4.69, 9.17) is 4.98 Å². The van der Waals surface area contributed by atoms with Gasteiger partial charge in [-0.2, -0.15) is 0 Å². The summed E-state index contributed by atoms with van der Waals surface area (Å²) >= 11 is 1.54. The lowest BCUT2D eigenvalue weighted by atomic mass is 10.1. The van der Waals surface area contributed by atoms with Crippen LogP contribution < -0.4 is 0 Å². The molecular formula is C20H15N3O2S. The van der Waals surface area contributed by atoms with Crippen molar-refractivity contribution in [2.45, 2.75) is 6.61 Å². The van der Waals surface area contributed by atoms with Crippen LogP contribution in [-0.2, 0) is 6.61 Å². The van der Waals surface area contributed by atoms with Gasteiger partial charge < -0.3 is 5.11 Å². The summed E-state index contributed by atoms with van der Waals surface area (Å²) in [5, 5.41) is 11.2. The van der Waals surface area contributed by atoms with Gasteiger partial charge >= 0.3 is 0 Å². The molecule has 3 heterocycles. The van der Waals surface area contributed by atoms with Gasteiger partial charge in [0.05, 0.1) is 18.0 Å². The molecule has 3 aromatic heterocycles. The van der Waals surface area contributed by atoms with Crippen LogP contribution in [0.4, 0.5) is 0 Å². The van der Waals surface area contributed by atoms with Crippen LogP contribution in [0.2, 0.25) is 0 Å². The van der Waals surface area contributed by atoms with E-state index in [1.807, 2.05) is 40.2 Å². The second-order valence-corrected chi connectivity index (χ2v) is 6.56. The molecule has 1 aromatic carbocycles. The fourth-order valence-corrected chi connectivity index (χ4v) is 3.43. The van der Waals surface area contributed by atoms with Gasteiger partial charge in [-0.15, -0.1) is 11.3 Å². The molecule has 128 valence electrons. The van der Waals surface area contributed by atoms with Crippen LogP contribution in [-0.4, -0.2) is 25.3 Å². The normalized spacial score (nSPS) is 11.4. The number of hydrogen-bond acceptors (Lipinski definition) is 5. The van der Waals surface area contributed by atoms with E-state index < -0.39 is 0 Å². The molecule has 0 saturated carbocycles. The van der Waals surface area contributed by atoms with Gasteiger partial charge in [0.15, 0.2) is 10.7 Å². The van der Waals surface area contributed by atoms with Gasteiger partial charge in [0.25, 0.3) is 0 Å². The third kappa shape index (κ3) is 3.08. The summed E-state index contributed by atoms with van der Waals surface area (Å²) in [6.07, 6.45) is 8.50. The van der Waals surface area contributed by atoms with Gasteiger partial charge in [-0.1, -0.05) is 24.3 Å². The van der Waals surface area contributed by atoms with Gasteiger partial charge in [-0.3, -0.25) is 14.2 Å². The number of allylic oxidation sites excluding steroid dienone is 1. The van der Waals surface area contributed by atoms with E-state index in [0.717, 1.165) is 27.5 Å². The first-order valence-corrected chi connectivity index (χ1v) is 8.92. The maximum Gasteiger partial charge on any atom is 0.194 e. The molecule has 0 unspecified atom stereocenters. The summed E-state index contributed by atoms with van der Waals surface area (Å²) in [5.74, 6) is -0.0841. The molecule has 0 amide bonds. The Hall–Kier alpha value is -3.09. The lowest BCUT2D eigenvalue weighted by molar-refractivity contribution is 0.104. The molecule has 6 heteroatoms. The number of hydrogen-bond donors (Lipinski definition) is 1. The number of aliphatic hydroxyl groups excluding tert-OH is 1. The quantitative estimate of drug-likeness (QED) is 0.433. The molecule has 4 aromatic rings. The predicted octanol–water partition coefficient (Wildman–Crippen LogP) is 3.85. The summed E-state index contributed by atoms with van der Waals surface area (Å²) in [5.41, 5.74) is 4.03. The van der Waals surface area contributed by atoms with Gasteiger partial charge in [0.1, 0.15) is 0 Å². The van der Waals surface area contributed by atoms with Crippen molar-refractivity contribution in [1.82, 2.24) is 14.4 Å². The van der Waals surface area contributed by atoms with Crippen LogP contribution in [0.1, 0.15) is 21.6 Å². The first-order chi connectivity index (χ1) is 12.8. The van der Waals surface area contributed by atoms with Crippen molar-refractivity contribution in [2.24, 2.45) is 0 Å². The van der Waals surface area contributed by atoms with Crippen LogP contribution in [0.15, 0.2) is 66.4 Å². The van der Waals surface area contributed by atoms with Crippen LogP contribution in [0.25, 0.3) is 22.3 Å². The summed E-state index contributed by atoms with van der Waals surface area (Å²) in [6, 6.07) is 11.0. The molecule has 1 N–H and O–H groups in total. The number of pyridine rings is 1. The number of aromatic nitrogens is 3. The highest BCUT2D eigenvalue weighted by atomic mass is 32.1. The molecule has 0 fully saturated rings. The predicted molar refractivity (Wildman–Crippen MR) is 102 cm³/mol. The van der Waals surface area contributed by atoms with E-state index >= 15 is 0 Å². The van der Waals surface area contributed by atoms with Crippen LogP contribution in [0, 0.1) is 0 Å². The highest BCUT2D eigenvalue weighted by Crippen LogP contribution is 2.28. The fraction of sp³-hybridized carbons (Fsp3) is 0.0500. The third-order valence-corrected chi connectivity index (χ3v) is 4.82. The zero-order chi connectivity index (χ0) is 17.9. The second kappa shape index (κ2) is 7.03. The number of thiazole rings is 1. The van der Waals surface area contributed by atoms with Crippen molar-refractivity contribution in [3.05, 3.63) is 83.3 Å². The summed E-state index contributed by atoms with van der Waals surface area (Å²) < 4.78 is 1.97. The number of imidazole rings is 1. The first kappa shape index (κ1) is 16.4. The van der Waals surface area contributed by atoms with E-state index in [0.29, 0.717) is 5.56 Å². The lowest BCUT2D eigenvalue weighted by Crippen LogP contribution is -1.94. The summed E-state index contributed by atoms with van der Waals surface area (Å²) in [7, 11) is 0. The molecular weight excluding hydrogens is 346 g/mol. The zero-order valence-corrected chi connectivity index (χ0v) is 14.6. The second-order valence-electron chi connectivity index (χ2n) is 5.69. The maximum atomic E-state index is 12.4. The number of fused-ring (bicyclic) bond motifs is 1. The highest BCUT2D eigenvalue weighted by Gasteiger charge is 2.13. The van der Waals surface area contributed by atoms with Gasteiger partial charge in [0, 0.05) is 35.1 Å². The Labute approximate surface area is 153 Å². The van der Waals surface area contributed by atoms with E-state index in [-0.39, 0.29) is 12.4 Å². The molecule has 0 aliphatic heterocycles. The Bertz CT molecular complexity index is 1080. The minimum atomic E-state index is -0.0841. The monoisotopic (exact) mass is 361 g/mol. The van der Waals surface area contributed by atoms with Crippen LogP contribution in [0.5, 0.6) is 0 Å². The number of ketones is 1. The maximum absolute atomic E-state index is 12.4. The van der Waals surface area contributed by atoms with Crippen molar-refractivity contribution in [2.75, 3.05) is 0 Å². The Morgan fingerprint density at radius 2 is 1.92 bits per heavy atom. The number of carbonyl (C=O) groups excluding carboxylic acids is 1. The summed E-state index contributed by atoms with van der Waals surface area (Å²) in [4.78, 5) is 21.9. The Morgan fingerprint density at radius 1 is 1.15 bits per heavy atom. The molecule has 4 rings (SSSR count). The smallest absolute Gasteiger partial charge is 0.194 e. The standard InChI is InChI=1S/C20H15N3O2S/c24-13-14-1-3-16(4-2-14)19-17(23-11-12-26-20(23)22-19)5-6-18(25)15-7-9-21-10-8-15/h1-12,24H,13H2. The molecule has 0 saturated heterocycles. The zero-order valence-electron chi connectivity index (χ0n) is 13.7. The molecule has 0 bridgehead atoms. The van der Waals surface area contributed by atoms with Crippen LogP contribution in [0.3, 0.4) is 0 Å². The molecule has 0 aliphatic rings. The number of benzene rings is 1. The van der Waals surface area contributed by atoms with E-state index in [2.05, 4.69) is 4.98 Å². The fourth-order valence-electron chi connectivity index (χ4n) is 2.71. The Morgan fingerprint density at radius 3 is 2.65 bits per heavy atom. The SMILES string of the molecule is O=C(C=Cc1c(-c2ccc(CO)cc2)nc2sccn12)c1ccncc1. The molecule has 0 atom stereocenters. The number of rotatable bonds is 5. The van der Waals surface area contributed by atoms with Gasteiger partial charge in [-0.05, 0) is 29.8 Å². The van der Waals surface area contributed by atoms with Gasteiger partial charge in [-0.25, -0.2) is 4.98 Å². The largest absolute Gasteiger partial charge is 0.392 e. The number of aliphatic hydroxyl groups is 1. The topological polar surface area (TPSA) is 67.5 Å². The number of carbonyl (C=O) groups is 1. The molecule has 0 aliphatic carbocycles. The van der Waals surface area contributed by atoms with Crippen molar-refractivity contribution in [3.63, 3.8) is 0 Å². The van der Waals surface area contributed by atoms with Crippen molar-refractivity contribution < 1.29 is 9.90 Å². The summed E-state index contributed by atoms with van der Waals surface area (Å²) in [6.45, 7) is 0.00571. The minimum absolute atomic E-state index is 0.00571. The van der Waals surface area contributed by atoms with Crippen molar-refractivity contribution >= 4 is 28.2 Å². The molecule has 0 radical (unpaired) electrons. The molecule has 0 spiro atoms. The Balaban J connectivity index is 1.74. The van der Waals surface area contributed by atoms with E-state index in [1.54, 1.807) is 48.0 Å². The highest BCUT2D eigenvalue weighted by molar-refractivity contribution is 7.15.